The number of rotatable bonds is 7. The van der Waals surface area contributed by atoms with Crippen molar-refractivity contribution in [2.45, 2.75) is 32.2 Å². The topological polar surface area (TPSA) is 70.2 Å². The van der Waals surface area contributed by atoms with Crippen LogP contribution in [0, 0.1) is 0 Å². The molecule has 7 heteroatoms. The van der Waals surface area contributed by atoms with E-state index in [1.165, 1.54) is 0 Å². The van der Waals surface area contributed by atoms with Crippen LogP contribution in [-0.2, 0) is 0 Å². The zero-order valence-corrected chi connectivity index (χ0v) is 19.0. The summed E-state index contributed by atoms with van der Waals surface area (Å²) >= 11 is 5.97. The van der Waals surface area contributed by atoms with Gasteiger partial charge in [0.15, 0.2) is 0 Å². The van der Waals surface area contributed by atoms with Crippen LogP contribution in [0.15, 0.2) is 60.8 Å². The van der Waals surface area contributed by atoms with Gasteiger partial charge in [0.05, 0.1) is 5.69 Å². The standard InChI is InChI=1S/C25H28ClN5O/c1-2-14-27-21-12-16-31(17-13-21)24(32)19-5-9-22(10-6-19)29-25-28-15-11-23(30-25)18-3-7-20(26)8-4-18/h3-11,15,21,27H,2,12-14,16-17H2,1H3,(H,28,29,30). The summed E-state index contributed by atoms with van der Waals surface area (Å²) in [5.41, 5.74) is 3.31. The van der Waals surface area contributed by atoms with E-state index in [1.54, 1.807) is 6.20 Å². The van der Waals surface area contributed by atoms with Crippen LogP contribution in [0.2, 0.25) is 5.02 Å². The normalized spacial score (nSPS) is 14.4. The van der Waals surface area contributed by atoms with Crippen LogP contribution in [0.3, 0.4) is 0 Å². The number of nitrogens with one attached hydrogen (secondary N) is 2. The highest BCUT2D eigenvalue weighted by Gasteiger charge is 2.23. The maximum atomic E-state index is 12.9. The Bertz CT molecular complexity index is 1030. The van der Waals surface area contributed by atoms with Crippen molar-refractivity contribution in [1.29, 1.82) is 0 Å². The molecule has 1 fully saturated rings. The van der Waals surface area contributed by atoms with Crippen molar-refractivity contribution in [3.05, 3.63) is 71.4 Å². The molecule has 0 radical (unpaired) electrons. The maximum Gasteiger partial charge on any atom is 0.253 e. The molecule has 2 aromatic carbocycles. The number of benzene rings is 2. The first-order chi connectivity index (χ1) is 15.6. The first kappa shape index (κ1) is 22.2. The van der Waals surface area contributed by atoms with Gasteiger partial charge in [0.1, 0.15) is 0 Å². The van der Waals surface area contributed by atoms with Gasteiger partial charge in [-0.2, -0.15) is 0 Å². The molecule has 0 saturated carbocycles. The van der Waals surface area contributed by atoms with Crippen molar-refractivity contribution in [3.63, 3.8) is 0 Å². The molecule has 0 spiro atoms. The Morgan fingerprint density at radius 1 is 1.06 bits per heavy atom. The van der Waals surface area contributed by atoms with E-state index in [-0.39, 0.29) is 5.91 Å². The molecule has 1 aromatic heterocycles. The molecule has 2 N–H and O–H groups in total. The number of halogens is 1. The molecular formula is C25H28ClN5O. The lowest BCUT2D eigenvalue weighted by atomic mass is 10.0. The average Bonchev–Trinajstić information content (AvgIpc) is 2.84. The molecule has 3 aromatic rings. The smallest absolute Gasteiger partial charge is 0.253 e. The van der Waals surface area contributed by atoms with E-state index in [4.69, 9.17) is 11.6 Å². The second-order valence-electron chi connectivity index (χ2n) is 8.00. The molecule has 1 amide bonds. The second kappa shape index (κ2) is 10.6. The largest absolute Gasteiger partial charge is 0.339 e. The predicted molar refractivity (Wildman–Crippen MR) is 129 cm³/mol. The van der Waals surface area contributed by atoms with E-state index >= 15 is 0 Å². The Morgan fingerprint density at radius 2 is 1.78 bits per heavy atom. The van der Waals surface area contributed by atoms with Gasteiger partial charge >= 0.3 is 0 Å². The molecule has 1 aliphatic rings. The number of nitrogens with zero attached hydrogens (tertiary/aromatic N) is 3. The average molecular weight is 450 g/mol. The van der Waals surface area contributed by atoms with Crippen molar-refractivity contribution in [1.82, 2.24) is 20.2 Å². The summed E-state index contributed by atoms with van der Waals surface area (Å²) in [6, 6.07) is 17.4. The Balaban J connectivity index is 1.36. The van der Waals surface area contributed by atoms with Gasteiger partial charge in [-0.25, -0.2) is 9.97 Å². The lowest BCUT2D eigenvalue weighted by Gasteiger charge is -2.32. The van der Waals surface area contributed by atoms with Crippen LogP contribution in [0.1, 0.15) is 36.5 Å². The summed E-state index contributed by atoms with van der Waals surface area (Å²) in [4.78, 5) is 23.7. The summed E-state index contributed by atoms with van der Waals surface area (Å²) in [6.07, 6.45) is 4.87. The SMILES string of the molecule is CCCNC1CCN(C(=O)c2ccc(Nc3nccc(-c4ccc(Cl)cc4)n3)cc2)CC1. The molecule has 32 heavy (non-hydrogen) atoms. The van der Waals surface area contributed by atoms with Crippen LogP contribution in [0.4, 0.5) is 11.6 Å². The summed E-state index contributed by atoms with van der Waals surface area (Å²) in [7, 11) is 0. The van der Waals surface area contributed by atoms with Gasteiger partial charge in [-0.05, 0) is 68.3 Å². The number of likely N-dealkylation sites (tertiary alicyclic amines) is 1. The zero-order valence-electron chi connectivity index (χ0n) is 18.2. The summed E-state index contributed by atoms with van der Waals surface area (Å²) < 4.78 is 0. The molecule has 0 atom stereocenters. The lowest BCUT2D eigenvalue weighted by Crippen LogP contribution is -2.45. The Morgan fingerprint density at radius 3 is 2.47 bits per heavy atom. The van der Waals surface area contributed by atoms with Gasteiger partial charge < -0.3 is 15.5 Å². The van der Waals surface area contributed by atoms with E-state index in [2.05, 4.69) is 27.5 Å². The van der Waals surface area contributed by atoms with Gasteiger partial charge in [0.2, 0.25) is 5.95 Å². The summed E-state index contributed by atoms with van der Waals surface area (Å²) in [5, 5.41) is 7.46. The number of hydrogen-bond donors (Lipinski definition) is 2. The highest BCUT2D eigenvalue weighted by Crippen LogP contribution is 2.22. The Hall–Kier alpha value is -2.96. The predicted octanol–water partition coefficient (Wildman–Crippen LogP) is 5.14. The number of carbonyl (C=O) groups excluding carboxylic acids is 1. The molecule has 0 bridgehead atoms. The Labute approximate surface area is 194 Å². The van der Waals surface area contributed by atoms with Crippen LogP contribution in [0.5, 0.6) is 0 Å². The fourth-order valence-electron chi connectivity index (χ4n) is 3.84. The third-order valence-electron chi connectivity index (χ3n) is 5.65. The fourth-order valence-corrected chi connectivity index (χ4v) is 3.97. The van der Waals surface area contributed by atoms with Crippen LogP contribution in [0.25, 0.3) is 11.3 Å². The first-order valence-corrected chi connectivity index (χ1v) is 11.5. The van der Waals surface area contributed by atoms with E-state index in [0.29, 0.717) is 22.6 Å². The minimum Gasteiger partial charge on any atom is -0.339 e. The Kier molecular flexibility index (Phi) is 7.35. The minimum atomic E-state index is 0.0893. The summed E-state index contributed by atoms with van der Waals surface area (Å²) in [6.45, 7) is 4.81. The third-order valence-corrected chi connectivity index (χ3v) is 5.90. The van der Waals surface area contributed by atoms with Gasteiger partial charge in [-0.1, -0.05) is 30.7 Å². The molecule has 1 aliphatic heterocycles. The molecule has 1 saturated heterocycles. The molecule has 0 unspecified atom stereocenters. The highest BCUT2D eigenvalue weighted by molar-refractivity contribution is 6.30. The van der Waals surface area contributed by atoms with Crippen molar-refractivity contribution < 1.29 is 4.79 Å². The lowest BCUT2D eigenvalue weighted by molar-refractivity contribution is 0.0705. The second-order valence-corrected chi connectivity index (χ2v) is 8.43. The molecule has 4 rings (SSSR count). The van der Waals surface area contributed by atoms with Crippen molar-refractivity contribution in [2.75, 3.05) is 25.0 Å². The summed E-state index contributed by atoms with van der Waals surface area (Å²) in [5.74, 6) is 0.588. The number of carbonyl (C=O) groups is 1. The quantitative estimate of drug-likeness (QED) is 0.522. The van der Waals surface area contributed by atoms with Crippen molar-refractivity contribution in [2.24, 2.45) is 0 Å². The maximum absolute atomic E-state index is 12.9. The van der Waals surface area contributed by atoms with Gasteiger partial charge in [-0.15, -0.1) is 0 Å². The zero-order chi connectivity index (χ0) is 22.3. The number of hydrogen-bond acceptors (Lipinski definition) is 5. The monoisotopic (exact) mass is 449 g/mol. The number of anilines is 2. The molecule has 166 valence electrons. The number of piperidine rings is 1. The fraction of sp³-hybridized carbons (Fsp3) is 0.320. The third kappa shape index (κ3) is 5.64. The van der Waals surface area contributed by atoms with E-state index < -0.39 is 0 Å². The number of amides is 1. The molecule has 2 heterocycles. The van der Waals surface area contributed by atoms with Gasteiger partial charge in [-0.3, -0.25) is 4.79 Å². The highest BCUT2D eigenvalue weighted by atomic mass is 35.5. The van der Waals surface area contributed by atoms with Gasteiger partial charge in [0, 0.05) is 47.2 Å². The molecular weight excluding hydrogens is 422 g/mol. The molecule has 0 aliphatic carbocycles. The number of aromatic nitrogens is 2. The van der Waals surface area contributed by atoms with Crippen LogP contribution >= 0.6 is 11.6 Å². The van der Waals surface area contributed by atoms with E-state index in [0.717, 1.165) is 55.8 Å². The van der Waals surface area contributed by atoms with E-state index in [1.807, 2.05) is 59.5 Å². The van der Waals surface area contributed by atoms with Crippen LogP contribution < -0.4 is 10.6 Å². The molecule has 6 nitrogen and oxygen atoms in total. The van der Waals surface area contributed by atoms with E-state index in [9.17, 15) is 4.79 Å². The minimum absolute atomic E-state index is 0.0893. The van der Waals surface area contributed by atoms with Crippen molar-refractivity contribution in [3.8, 4) is 11.3 Å². The van der Waals surface area contributed by atoms with Crippen LogP contribution in [-0.4, -0.2) is 46.5 Å². The van der Waals surface area contributed by atoms with Crippen molar-refractivity contribution >= 4 is 29.1 Å². The van der Waals surface area contributed by atoms with Gasteiger partial charge in [0.25, 0.3) is 5.91 Å². The first-order valence-electron chi connectivity index (χ1n) is 11.1.